The maximum absolute atomic E-state index is 6.14. The SMILES string of the molecule is COCCOCOc1cc([Se][SeH])ccc1C12CC3CC(CC(C3)C1)C2. The summed E-state index contributed by atoms with van der Waals surface area (Å²) in [6.07, 6.45) is 8.53. The molecule has 3 nitrogen and oxygen atoms in total. The van der Waals surface area contributed by atoms with Crippen molar-refractivity contribution in [2.75, 3.05) is 27.1 Å². The third-order valence-electron chi connectivity index (χ3n) is 6.40. The second kappa shape index (κ2) is 7.92. The van der Waals surface area contributed by atoms with Gasteiger partial charge in [0.25, 0.3) is 0 Å². The van der Waals surface area contributed by atoms with Gasteiger partial charge in [-0.15, -0.1) is 0 Å². The van der Waals surface area contributed by atoms with Crippen LogP contribution in [-0.2, 0) is 14.9 Å². The maximum atomic E-state index is 6.14. The Kier molecular flexibility index (Phi) is 5.81. The summed E-state index contributed by atoms with van der Waals surface area (Å²) < 4.78 is 18.1. The summed E-state index contributed by atoms with van der Waals surface area (Å²) in [5, 5.41) is 0. The van der Waals surface area contributed by atoms with Gasteiger partial charge >= 0.3 is 164 Å². The number of rotatable bonds is 8. The van der Waals surface area contributed by atoms with E-state index >= 15 is 0 Å². The quantitative estimate of drug-likeness (QED) is 0.329. The predicted octanol–water partition coefficient (Wildman–Crippen LogP) is 2.30. The molecule has 0 radical (unpaired) electrons. The van der Waals surface area contributed by atoms with Gasteiger partial charge in [-0.3, -0.25) is 0 Å². The molecule has 1 aromatic rings. The third-order valence-corrected chi connectivity index (χ3v) is 9.67. The third kappa shape index (κ3) is 3.83. The van der Waals surface area contributed by atoms with E-state index in [2.05, 4.69) is 32.4 Å². The molecule has 0 atom stereocenters. The molecule has 138 valence electrons. The molecule has 5 heteroatoms. The minimum absolute atomic E-state index is 0.317. The Balaban J connectivity index is 1.56. The molecule has 0 saturated heterocycles. The summed E-state index contributed by atoms with van der Waals surface area (Å²) in [5.41, 5.74) is 1.83. The standard InChI is InChI=1S/C20H28O3Se2/c1-21-4-5-22-13-23-19-9-17(25-24)2-3-18(19)20-10-14-6-15(11-20)8-16(7-14)12-20/h2-3,9,14-16,24H,4-8,10-13H2,1H3. The molecule has 4 aliphatic rings. The van der Waals surface area contributed by atoms with Crippen LogP contribution >= 0.6 is 0 Å². The van der Waals surface area contributed by atoms with Crippen LogP contribution in [0.25, 0.3) is 0 Å². The van der Waals surface area contributed by atoms with Crippen LogP contribution in [0, 0.1) is 17.8 Å². The zero-order chi connectivity index (χ0) is 17.3. The van der Waals surface area contributed by atoms with E-state index in [9.17, 15) is 0 Å². The molecular weight excluding hydrogens is 446 g/mol. The first-order chi connectivity index (χ1) is 12.2. The Morgan fingerprint density at radius 1 is 1.08 bits per heavy atom. The van der Waals surface area contributed by atoms with Crippen LogP contribution in [0.2, 0.25) is 0 Å². The average Bonchev–Trinajstić information content (AvgIpc) is 2.60. The van der Waals surface area contributed by atoms with Gasteiger partial charge in [-0.25, -0.2) is 0 Å². The van der Waals surface area contributed by atoms with Gasteiger partial charge in [0.05, 0.1) is 0 Å². The summed E-state index contributed by atoms with van der Waals surface area (Å²) >= 11 is 3.16. The zero-order valence-electron chi connectivity index (χ0n) is 14.9. The molecule has 5 rings (SSSR count). The molecule has 0 aromatic heterocycles. The molecule has 4 bridgehead atoms. The average molecular weight is 474 g/mol. The monoisotopic (exact) mass is 476 g/mol. The molecule has 0 unspecified atom stereocenters. The van der Waals surface area contributed by atoms with E-state index < -0.39 is 0 Å². The Morgan fingerprint density at radius 2 is 1.76 bits per heavy atom. The molecule has 4 aliphatic carbocycles. The summed E-state index contributed by atoms with van der Waals surface area (Å²) in [4.78, 5) is 0. The van der Waals surface area contributed by atoms with E-state index in [1.54, 1.807) is 7.11 Å². The first-order valence-corrected chi connectivity index (χ1v) is 15.0. The van der Waals surface area contributed by atoms with Crippen molar-refractivity contribution in [3.8, 4) is 5.75 Å². The van der Waals surface area contributed by atoms with Crippen molar-refractivity contribution in [3.63, 3.8) is 0 Å². The summed E-state index contributed by atoms with van der Waals surface area (Å²) in [6, 6.07) is 6.97. The zero-order valence-corrected chi connectivity index (χ0v) is 18.5. The predicted molar refractivity (Wildman–Crippen MR) is 102 cm³/mol. The molecule has 0 aliphatic heterocycles. The first kappa shape index (κ1) is 18.3. The Hall–Kier alpha value is -0.0210. The number of benzene rings is 1. The molecular formula is C20H28O3Se2. The van der Waals surface area contributed by atoms with Crippen molar-refractivity contribution in [1.29, 1.82) is 0 Å². The molecule has 0 amide bonds. The fourth-order valence-corrected chi connectivity index (χ4v) is 7.71. The van der Waals surface area contributed by atoms with Crippen LogP contribution in [0.3, 0.4) is 0 Å². The molecule has 0 N–H and O–H groups in total. The van der Waals surface area contributed by atoms with Crippen LogP contribution in [0.4, 0.5) is 0 Å². The van der Waals surface area contributed by atoms with Crippen molar-refractivity contribution in [3.05, 3.63) is 23.8 Å². The fraction of sp³-hybridized carbons (Fsp3) is 0.700. The van der Waals surface area contributed by atoms with E-state index in [1.165, 1.54) is 48.6 Å². The summed E-state index contributed by atoms with van der Waals surface area (Å²) in [6.45, 7) is 1.51. The van der Waals surface area contributed by atoms with Crippen LogP contribution in [-0.4, -0.2) is 54.4 Å². The van der Waals surface area contributed by atoms with Crippen LogP contribution in [0.15, 0.2) is 18.2 Å². The van der Waals surface area contributed by atoms with Crippen molar-refractivity contribution >= 4 is 31.8 Å². The van der Waals surface area contributed by atoms with E-state index in [0.717, 1.165) is 23.5 Å². The van der Waals surface area contributed by atoms with E-state index in [4.69, 9.17) is 14.2 Å². The topological polar surface area (TPSA) is 27.7 Å². The Labute approximate surface area is 164 Å². The fourth-order valence-electron chi connectivity index (χ4n) is 5.86. The molecule has 0 heterocycles. The van der Waals surface area contributed by atoms with Gasteiger partial charge in [0, 0.05) is 0 Å². The van der Waals surface area contributed by atoms with Gasteiger partial charge in [-0.2, -0.15) is 0 Å². The van der Waals surface area contributed by atoms with Crippen molar-refractivity contribution in [2.24, 2.45) is 17.8 Å². The van der Waals surface area contributed by atoms with Gasteiger partial charge in [-0.1, -0.05) is 0 Å². The van der Waals surface area contributed by atoms with Gasteiger partial charge in [0.15, 0.2) is 0 Å². The molecule has 25 heavy (non-hydrogen) atoms. The van der Waals surface area contributed by atoms with E-state index in [-0.39, 0.29) is 0 Å². The normalized spacial score (nSPS) is 33.0. The Morgan fingerprint density at radius 3 is 2.36 bits per heavy atom. The summed E-state index contributed by atoms with van der Waals surface area (Å²) in [7, 11) is 1.69. The van der Waals surface area contributed by atoms with Gasteiger partial charge < -0.3 is 0 Å². The molecule has 4 saturated carbocycles. The number of hydrogen-bond acceptors (Lipinski definition) is 3. The van der Waals surface area contributed by atoms with Crippen LogP contribution in [0.5, 0.6) is 5.75 Å². The second-order valence-electron chi connectivity index (χ2n) is 8.11. The van der Waals surface area contributed by atoms with Gasteiger partial charge in [-0.05, 0) is 0 Å². The summed E-state index contributed by atoms with van der Waals surface area (Å²) in [5.74, 6) is 3.92. The van der Waals surface area contributed by atoms with Gasteiger partial charge in [0.2, 0.25) is 0 Å². The van der Waals surface area contributed by atoms with E-state index in [0.29, 0.717) is 38.6 Å². The number of hydrogen-bond donors (Lipinski definition) is 0. The molecule has 0 spiro atoms. The first-order valence-electron chi connectivity index (χ1n) is 9.38. The van der Waals surface area contributed by atoms with Crippen molar-refractivity contribution in [2.45, 2.75) is 43.9 Å². The second-order valence-corrected chi connectivity index (χ2v) is 11.5. The Bertz CT molecular complexity index is 569. The minimum atomic E-state index is 0.317. The van der Waals surface area contributed by atoms with Crippen LogP contribution < -0.4 is 9.20 Å². The van der Waals surface area contributed by atoms with Gasteiger partial charge in [0.1, 0.15) is 0 Å². The van der Waals surface area contributed by atoms with Crippen LogP contribution in [0.1, 0.15) is 44.1 Å². The molecule has 1 aromatic carbocycles. The van der Waals surface area contributed by atoms with E-state index in [1.807, 2.05) is 0 Å². The molecule has 4 fully saturated rings. The number of methoxy groups -OCH3 is 1. The van der Waals surface area contributed by atoms with Crippen molar-refractivity contribution < 1.29 is 14.2 Å². The number of ether oxygens (including phenoxy) is 3. The van der Waals surface area contributed by atoms with Crippen molar-refractivity contribution in [1.82, 2.24) is 0 Å².